The lowest BCUT2D eigenvalue weighted by molar-refractivity contribution is 0.262. The van der Waals surface area contributed by atoms with Crippen molar-refractivity contribution in [1.29, 1.82) is 0 Å². The zero-order valence-electron chi connectivity index (χ0n) is 13.5. The standard InChI is InChI=1S/C18H20BrN3O2/c1-23-13-6-7-15(19)12(10-13)11-21-18(20)22-16-8-9-24-17-5-3-2-4-14(16)17/h2-7,10,16H,8-9,11H2,1H3,(H3,20,21,22). The summed E-state index contributed by atoms with van der Waals surface area (Å²) in [5, 5.41) is 3.29. The molecule has 0 amide bonds. The number of guanidine groups is 1. The second kappa shape index (κ2) is 7.57. The smallest absolute Gasteiger partial charge is 0.189 e. The molecule has 1 heterocycles. The van der Waals surface area contributed by atoms with Gasteiger partial charge in [-0.1, -0.05) is 34.1 Å². The van der Waals surface area contributed by atoms with Crippen LogP contribution in [0.2, 0.25) is 0 Å². The molecule has 0 saturated heterocycles. The van der Waals surface area contributed by atoms with Gasteiger partial charge in [-0.25, -0.2) is 4.99 Å². The fraction of sp³-hybridized carbons (Fsp3) is 0.278. The highest BCUT2D eigenvalue weighted by Crippen LogP contribution is 2.31. The number of methoxy groups -OCH3 is 1. The first-order valence-corrected chi connectivity index (χ1v) is 8.57. The van der Waals surface area contributed by atoms with Crippen molar-refractivity contribution in [2.24, 2.45) is 10.7 Å². The number of benzene rings is 2. The number of fused-ring (bicyclic) bond motifs is 1. The highest BCUT2D eigenvalue weighted by Gasteiger charge is 2.21. The summed E-state index contributed by atoms with van der Waals surface area (Å²) in [7, 11) is 1.65. The van der Waals surface area contributed by atoms with E-state index in [0.717, 1.165) is 33.5 Å². The van der Waals surface area contributed by atoms with Crippen LogP contribution in [-0.2, 0) is 6.54 Å². The van der Waals surface area contributed by atoms with E-state index in [1.54, 1.807) is 7.11 Å². The molecule has 1 unspecified atom stereocenters. The summed E-state index contributed by atoms with van der Waals surface area (Å²) in [4.78, 5) is 4.45. The number of rotatable bonds is 4. The van der Waals surface area contributed by atoms with Gasteiger partial charge in [-0.05, 0) is 29.8 Å². The number of nitrogens with zero attached hydrogens (tertiary/aromatic N) is 1. The lowest BCUT2D eigenvalue weighted by Crippen LogP contribution is -2.37. The van der Waals surface area contributed by atoms with Gasteiger partial charge < -0.3 is 20.5 Å². The van der Waals surface area contributed by atoms with Crippen LogP contribution in [-0.4, -0.2) is 19.7 Å². The maximum Gasteiger partial charge on any atom is 0.189 e. The number of nitrogens with one attached hydrogen (secondary N) is 1. The number of hydrogen-bond acceptors (Lipinski definition) is 3. The Balaban J connectivity index is 1.70. The van der Waals surface area contributed by atoms with Gasteiger partial charge in [0, 0.05) is 16.5 Å². The molecule has 1 aliphatic heterocycles. The molecule has 6 heteroatoms. The fourth-order valence-corrected chi connectivity index (χ4v) is 3.06. The molecule has 2 aromatic rings. The Bertz CT molecular complexity index is 749. The van der Waals surface area contributed by atoms with Gasteiger partial charge in [0.05, 0.1) is 26.3 Å². The molecule has 0 bridgehead atoms. The number of para-hydroxylation sites is 1. The van der Waals surface area contributed by atoms with Crippen molar-refractivity contribution in [2.75, 3.05) is 13.7 Å². The van der Waals surface area contributed by atoms with Gasteiger partial charge in [-0.15, -0.1) is 0 Å². The first-order valence-electron chi connectivity index (χ1n) is 7.78. The van der Waals surface area contributed by atoms with Crippen molar-refractivity contribution in [2.45, 2.75) is 19.0 Å². The largest absolute Gasteiger partial charge is 0.497 e. The summed E-state index contributed by atoms with van der Waals surface area (Å²) in [6, 6.07) is 13.9. The number of halogens is 1. The molecule has 126 valence electrons. The Hall–Kier alpha value is -2.21. The molecule has 3 N–H and O–H groups in total. The van der Waals surface area contributed by atoms with Gasteiger partial charge in [0.15, 0.2) is 5.96 Å². The molecule has 0 spiro atoms. The minimum atomic E-state index is 0.118. The predicted molar refractivity (Wildman–Crippen MR) is 98.5 cm³/mol. The Kier molecular flexibility index (Phi) is 5.25. The van der Waals surface area contributed by atoms with Gasteiger partial charge in [0.2, 0.25) is 0 Å². The molecular weight excluding hydrogens is 370 g/mol. The van der Waals surface area contributed by atoms with Crippen molar-refractivity contribution in [1.82, 2.24) is 5.32 Å². The van der Waals surface area contributed by atoms with Crippen LogP contribution in [0, 0.1) is 0 Å². The number of ether oxygens (including phenoxy) is 2. The van der Waals surface area contributed by atoms with Gasteiger partial charge in [-0.3, -0.25) is 0 Å². The Morgan fingerprint density at radius 2 is 2.21 bits per heavy atom. The molecule has 0 saturated carbocycles. The zero-order chi connectivity index (χ0) is 16.9. The van der Waals surface area contributed by atoms with Gasteiger partial charge in [-0.2, -0.15) is 0 Å². The number of aliphatic imine (C=N–C) groups is 1. The van der Waals surface area contributed by atoms with Crippen LogP contribution in [0.5, 0.6) is 11.5 Å². The van der Waals surface area contributed by atoms with Gasteiger partial charge >= 0.3 is 0 Å². The molecular formula is C18H20BrN3O2. The SMILES string of the molecule is COc1ccc(Br)c(CN=C(N)NC2CCOc3ccccc32)c1. The summed E-state index contributed by atoms with van der Waals surface area (Å²) in [6.45, 7) is 1.14. The van der Waals surface area contributed by atoms with E-state index < -0.39 is 0 Å². The van der Waals surface area contributed by atoms with Crippen LogP contribution in [0.15, 0.2) is 51.9 Å². The number of hydrogen-bond donors (Lipinski definition) is 2. The second-order valence-electron chi connectivity index (χ2n) is 5.53. The predicted octanol–water partition coefficient (Wildman–Crippen LogP) is 3.39. The maximum atomic E-state index is 6.08. The molecule has 1 aliphatic rings. The fourth-order valence-electron chi connectivity index (χ4n) is 2.69. The van der Waals surface area contributed by atoms with Crippen LogP contribution in [0.25, 0.3) is 0 Å². The van der Waals surface area contributed by atoms with Crippen molar-refractivity contribution in [3.05, 3.63) is 58.1 Å². The van der Waals surface area contributed by atoms with Crippen LogP contribution < -0.4 is 20.5 Å². The molecule has 0 aliphatic carbocycles. The van der Waals surface area contributed by atoms with E-state index in [1.165, 1.54) is 0 Å². The topological polar surface area (TPSA) is 68.9 Å². The van der Waals surface area contributed by atoms with Crippen LogP contribution >= 0.6 is 15.9 Å². The molecule has 0 fully saturated rings. The molecule has 0 aromatic heterocycles. The minimum Gasteiger partial charge on any atom is -0.497 e. The van der Waals surface area contributed by atoms with Crippen molar-refractivity contribution in [3.63, 3.8) is 0 Å². The average Bonchev–Trinajstić information content (AvgIpc) is 2.61. The molecule has 1 atom stereocenters. The summed E-state index contributed by atoms with van der Waals surface area (Å²) in [6.07, 6.45) is 0.857. The summed E-state index contributed by atoms with van der Waals surface area (Å²) in [5.41, 5.74) is 8.22. The average molecular weight is 390 g/mol. The highest BCUT2D eigenvalue weighted by molar-refractivity contribution is 9.10. The van der Waals surface area contributed by atoms with Crippen LogP contribution in [0.3, 0.4) is 0 Å². The molecule has 0 radical (unpaired) electrons. The van der Waals surface area contributed by atoms with Crippen molar-refractivity contribution < 1.29 is 9.47 Å². The Morgan fingerprint density at radius 1 is 1.38 bits per heavy atom. The van der Waals surface area contributed by atoms with Crippen molar-refractivity contribution in [3.8, 4) is 11.5 Å². The minimum absolute atomic E-state index is 0.118. The third-order valence-corrected chi connectivity index (χ3v) is 4.73. The molecule has 5 nitrogen and oxygen atoms in total. The Labute approximate surface area is 150 Å². The normalized spacial score (nSPS) is 16.9. The van der Waals surface area contributed by atoms with E-state index in [2.05, 4.69) is 32.3 Å². The first-order chi connectivity index (χ1) is 11.7. The van der Waals surface area contributed by atoms with Gasteiger partial charge in [0.1, 0.15) is 11.5 Å². The quantitative estimate of drug-likeness (QED) is 0.621. The molecule has 24 heavy (non-hydrogen) atoms. The number of nitrogens with two attached hydrogens (primary N) is 1. The third-order valence-electron chi connectivity index (χ3n) is 3.95. The monoisotopic (exact) mass is 389 g/mol. The Morgan fingerprint density at radius 3 is 3.04 bits per heavy atom. The van der Waals surface area contributed by atoms with E-state index in [1.807, 2.05) is 36.4 Å². The molecule has 3 rings (SSSR count). The summed E-state index contributed by atoms with van der Waals surface area (Å²) >= 11 is 3.53. The van der Waals surface area contributed by atoms with E-state index in [4.69, 9.17) is 15.2 Å². The maximum absolute atomic E-state index is 6.08. The van der Waals surface area contributed by atoms with E-state index in [9.17, 15) is 0 Å². The van der Waals surface area contributed by atoms with E-state index in [0.29, 0.717) is 19.1 Å². The lowest BCUT2D eigenvalue weighted by Gasteiger charge is -2.26. The van der Waals surface area contributed by atoms with Gasteiger partial charge in [0.25, 0.3) is 0 Å². The van der Waals surface area contributed by atoms with Crippen molar-refractivity contribution >= 4 is 21.9 Å². The zero-order valence-corrected chi connectivity index (χ0v) is 15.0. The third kappa shape index (κ3) is 3.82. The van der Waals surface area contributed by atoms with Crippen LogP contribution in [0.4, 0.5) is 0 Å². The van der Waals surface area contributed by atoms with Crippen LogP contribution in [0.1, 0.15) is 23.6 Å². The second-order valence-corrected chi connectivity index (χ2v) is 6.39. The van der Waals surface area contributed by atoms with E-state index in [-0.39, 0.29) is 6.04 Å². The molecule has 2 aromatic carbocycles. The van der Waals surface area contributed by atoms with E-state index >= 15 is 0 Å². The first kappa shape index (κ1) is 16.6. The lowest BCUT2D eigenvalue weighted by atomic mass is 10.0. The summed E-state index contributed by atoms with van der Waals surface area (Å²) < 4.78 is 11.9. The summed E-state index contributed by atoms with van der Waals surface area (Å²) in [5.74, 6) is 2.13. The highest BCUT2D eigenvalue weighted by atomic mass is 79.9.